The van der Waals surface area contributed by atoms with Crippen LogP contribution in [0.3, 0.4) is 0 Å². The Morgan fingerprint density at radius 2 is 1.59 bits per heavy atom. The molecule has 0 radical (unpaired) electrons. The number of rotatable bonds is 5. The quantitative estimate of drug-likeness (QED) is 0.715. The summed E-state index contributed by atoms with van der Waals surface area (Å²) in [6.45, 7) is 0. The maximum atomic E-state index is 13.2. The van der Waals surface area contributed by atoms with E-state index >= 15 is 0 Å². The molecule has 0 unspecified atom stereocenters. The number of halogens is 2. The second-order valence-electron chi connectivity index (χ2n) is 5.52. The third kappa shape index (κ3) is 4.46. The minimum atomic E-state index is -1.24. The van der Waals surface area contributed by atoms with Crippen LogP contribution in [0, 0.1) is 11.6 Å². The van der Waals surface area contributed by atoms with Crippen molar-refractivity contribution in [1.29, 1.82) is 0 Å². The van der Waals surface area contributed by atoms with Crippen molar-refractivity contribution in [3.63, 3.8) is 0 Å². The Bertz CT molecular complexity index is 992. The molecule has 0 saturated carbocycles. The summed E-state index contributed by atoms with van der Waals surface area (Å²) in [6.07, 6.45) is 3.88. The zero-order valence-corrected chi connectivity index (χ0v) is 13.7. The van der Waals surface area contributed by atoms with Crippen LogP contribution in [0.5, 0.6) is 0 Å². The van der Waals surface area contributed by atoms with Crippen LogP contribution in [0.4, 0.5) is 14.6 Å². The van der Waals surface area contributed by atoms with E-state index in [1.807, 2.05) is 0 Å². The number of carbonyl (C=O) groups excluding carboxylic acids is 1. The summed E-state index contributed by atoms with van der Waals surface area (Å²) in [6, 6.07) is 6.89. The van der Waals surface area contributed by atoms with Gasteiger partial charge >= 0.3 is 5.97 Å². The van der Waals surface area contributed by atoms with E-state index in [1.54, 1.807) is 12.1 Å². The molecule has 0 bridgehead atoms. The largest absolute Gasteiger partial charge is 0.476 e. The Kier molecular flexibility index (Phi) is 5.11. The average Bonchev–Trinajstić information content (AvgIpc) is 2.66. The molecule has 9 heteroatoms. The Morgan fingerprint density at radius 3 is 2.19 bits per heavy atom. The van der Waals surface area contributed by atoms with Gasteiger partial charge in [-0.1, -0.05) is 12.1 Å². The number of benzene rings is 1. The Morgan fingerprint density at radius 1 is 0.889 bits per heavy atom. The zero-order valence-electron chi connectivity index (χ0n) is 13.7. The number of hydrogen-bond donors (Lipinski definition) is 2. The number of carboxylic acid groups (broad SMARTS) is 1. The van der Waals surface area contributed by atoms with Gasteiger partial charge in [0.2, 0.25) is 0 Å². The summed E-state index contributed by atoms with van der Waals surface area (Å²) in [5.41, 5.74) is 0.991. The molecule has 0 aliphatic rings. The molecule has 0 aliphatic carbocycles. The van der Waals surface area contributed by atoms with Crippen molar-refractivity contribution in [3.05, 3.63) is 83.1 Å². The van der Waals surface area contributed by atoms with Gasteiger partial charge in [0.05, 0.1) is 12.4 Å². The van der Waals surface area contributed by atoms with E-state index in [4.69, 9.17) is 5.11 Å². The van der Waals surface area contributed by atoms with Crippen molar-refractivity contribution in [2.45, 2.75) is 6.42 Å². The molecule has 2 aromatic heterocycles. The summed E-state index contributed by atoms with van der Waals surface area (Å²) < 4.78 is 26.2. The number of nitrogens with zero attached hydrogens (tertiary/aromatic N) is 3. The molecule has 0 fully saturated rings. The molecule has 0 atom stereocenters. The fourth-order valence-electron chi connectivity index (χ4n) is 2.22. The molecule has 7 nitrogen and oxygen atoms in total. The van der Waals surface area contributed by atoms with Crippen LogP contribution in [0.2, 0.25) is 0 Å². The summed E-state index contributed by atoms with van der Waals surface area (Å²) in [5, 5.41) is 11.3. The lowest BCUT2D eigenvalue weighted by Gasteiger charge is -2.06. The molecule has 2 N–H and O–H groups in total. The van der Waals surface area contributed by atoms with Gasteiger partial charge in [-0.3, -0.25) is 4.79 Å². The van der Waals surface area contributed by atoms with Crippen molar-refractivity contribution in [2.75, 3.05) is 5.32 Å². The number of pyridine rings is 1. The smallest absolute Gasteiger partial charge is 0.356 e. The van der Waals surface area contributed by atoms with E-state index in [9.17, 15) is 18.4 Å². The second-order valence-corrected chi connectivity index (χ2v) is 5.52. The summed E-state index contributed by atoms with van der Waals surface area (Å²) in [4.78, 5) is 34.2. The third-order valence-electron chi connectivity index (χ3n) is 3.56. The molecule has 3 rings (SSSR count). The Balaban J connectivity index is 1.65. The molecule has 136 valence electrons. The molecule has 3 aromatic rings. The van der Waals surface area contributed by atoms with E-state index in [0.717, 1.165) is 30.1 Å². The van der Waals surface area contributed by atoms with Crippen LogP contribution in [-0.2, 0) is 6.42 Å². The Hall–Kier alpha value is -3.75. The number of aromatic nitrogens is 3. The highest BCUT2D eigenvalue weighted by Gasteiger charge is 2.12. The molecule has 1 amide bonds. The van der Waals surface area contributed by atoms with Crippen LogP contribution in [0.15, 0.2) is 48.9 Å². The average molecular weight is 370 g/mol. The number of aromatic carboxylic acids is 1. The van der Waals surface area contributed by atoms with Gasteiger partial charge in [-0.25, -0.2) is 28.5 Å². The normalized spacial score (nSPS) is 10.4. The van der Waals surface area contributed by atoms with Crippen molar-refractivity contribution in [1.82, 2.24) is 15.0 Å². The first-order chi connectivity index (χ1) is 12.9. The van der Waals surface area contributed by atoms with Gasteiger partial charge < -0.3 is 10.4 Å². The molecule has 0 saturated heterocycles. The van der Waals surface area contributed by atoms with Crippen LogP contribution < -0.4 is 5.32 Å². The topological polar surface area (TPSA) is 105 Å². The van der Waals surface area contributed by atoms with Crippen LogP contribution >= 0.6 is 0 Å². The SMILES string of the molecule is O=C(O)c1cnc(C(=O)Nc2ccc(Cc3ccc(F)c(F)c3)cn2)cn1. The van der Waals surface area contributed by atoms with Crippen LogP contribution in [0.1, 0.15) is 32.1 Å². The number of nitrogens with one attached hydrogen (secondary N) is 1. The fourth-order valence-corrected chi connectivity index (χ4v) is 2.22. The van der Waals surface area contributed by atoms with Gasteiger partial charge in [0.1, 0.15) is 11.5 Å². The van der Waals surface area contributed by atoms with Crippen molar-refractivity contribution >= 4 is 17.7 Å². The molecule has 1 aromatic carbocycles. The van der Waals surface area contributed by atoms with E-state index in [-0.39, 0.29) is 17.2 Å². The number of hydrogen-bond acceptors (Lipinski definition) is 5. The van der Waals surface area contributed by atoms with Gasteiger partial charge in [0.15, 0.2) is 17.3 Å². The van der Waals surface area contributed by atoms with Gasteiger partial charge in [-0.05, 0) is 35.7 Å². The maximum Gasteiger partial charge on any atom is 0.356 e. The van der Waals surface area contributed by atoms with Crippen LogP contribution in [0.25, 0.3) is 0 Å². The fraction of sp³-hybridized carbons (Fsp3) is 0.0556. The van der Waals surface area contributed by atoms with E-state index in [1.165, 1.54) is 12.3 Å². The highest BCUT2D eigenvalue weighted by Crippen LogP contribution is 2.14. The van der Waals surface area contributed by atoms with Gasteiger partial charge in [-0.15, -0.1) is 0 Å². The summed E-state index contributed by atoms with van der Waals surface area (Å²) in [5.74, 6) is -3.42. The van der Waals surface area contributed by atoms with Crippen molar-refractivity contribution in [3.8, 4) is 0 Å². The van der Waals surface area contributed by atoms with E-state index in [0.29, 0.717) is 12.0 Å². The van der Waals surface area contributed by atoms with Gasteiger partial charge in [0.25, 0.3) is 5.91 Å². The number of carbonyl (C=O) groups is 2. The van der Waals surface area contributed by atoms with Crippen LogP contribution in [-0.4, -0.2) is 31.9 Å². The molecular formula is C18H12F2N4O3. The monoisotopic (exact) mass is 370 g/mol. The predicted molar refractivity (Wildman–Crippen MR) is 90.3 cm³/mol. The van der Waals surface area contributed by atoms with Crippen molar-refractivity contribution < 1.29 is 23.5 Å². The molecule has 2 heterocycles. The standard InChI is InChI=1S/C18H12F2N4O3/c19-12-3-1-10(6-13(12)20)5-11-2-4-16(23-7-11)24-17(25)14-8-22-15(9-21-14)18(26)27/h1-4,6-9H,5H2,(H,26,27)(H,23,24,25). The Labute approximate surface area is 151 Å². The number of amides is 1. The molecule has 0 aliphatic heterocycles. The summed E-state index contributed by atoms with van der Waals surface area (Å²) >= 11 is 0. The minimum absolute atomic E-state index is 0.0623. The molecular weight excluding hydrogens is 358 g/mol. The maximum absolute atomic E-state index is 13.2. The first kappa shape index (κ1) is 18.1. The summed E-state index contributed by atoms with van der Waals surface area (Å²) in [7, 11) is 0. The lowest BCUT2D eigenvalue weighted by molar-refractivity contribution is 0.0689. The molecule has 27 heavy (non-hydrogen) atoms. The van der Waals surface area contributed by atoms with Crippen molar-refractivity contribution in [2.24, 2.45) is 0 Å². The van der Waals surface area contributed by atoms with E-state index < -0.39 is 23.5 Å². The lowest BCUT2D eigenvalue weighted by atomic mass is 10.1. The van der Waals surface area contributed by atoms with Gasteiger partial charge in [0, 0.05) is 6.20 Å². The minimum Gasteiger partial charge on any atom is -0.476 e. The molecule has 0 spiro atoms. The highest BCUT2D eigenvalue weighted by molar-refractivity contribution is 6.02. The second kappa shape index (κ2) is 7.65. The predicted octanol–water partition coefficient (Wildman–Crippen LogP) is 2.69. The van der Waals surface area contributed by atoms with E-state index in [2.05, 4.69) is 20.3 Å². The van der Waals surface area contributed by atoms with Gasteiger partial charge in [-0.2, -0.15) is 0 Å². The lowest BCUT2D eigenvalue weighted by Crippen LogP contribution is -2.16. The first-order valence-corrected chi connectivity index (χ1v) is 7.68. The number of anilines is 1. The number of carboxylic acids is 1. The third-order valence-corrected chi connectivity index (χ3v) is 3.56. The first-order valence-electron chi connectivity index (χ1n) is 7.68. The highest BCUT2D eigenvalue weighted by atomic mass is 19.2. The zero-order chi connectivity index (χ0) is 19.4.